The minimum absolute atomic E-state index is 0. The molecular weight excluding hydrogens is 338 g/mol. The lowest BCUT2D eigenvalue weighted by atomic mass is 10.1. The molecule has 0 aliphatic rings. The van der Waals surface area contributed by atoms with E-state index in [1.165, 1.54) is 75.5 Å². The number of hydrogen-bond donors (Lipinski definition) is 0. The summed E-state index contributed by atoms with van der Waals surface area (Å²) in [5.41, 5.74) is 2.81. The standard InChI is InChI=1S/C24H36N.ClH/c1-2-3-4-5-6-7-8-9-10-15-20-25-21-16-14-19-24(25)22-23-17-12-11-13-18-23;/h11-14,16-19,21H,2-10,15,20,22H2,1H3;1H/q+1;/p-1. The van der Waals surface area contributed by atoms with Gasteiger partial charge < -0.3 is 12.4 Å². The van der Waals surface area contributed by atoms with Crippen molar-refractivity contribution in [3.63, 3.8) is 0 Å². The molecule has 0 fully saturated rings. The van der Waals surface area contributed by atoms with Crippen LogP contribution < -0.4 is 17.0 Å². The van der Waals surface area contributed by atoms with Crippen molar-refractivity contribution in [1.29, 1.82) is 0 Å². The Morgan fingerprint density at radius 1 is 0.654 bits per heavy atom. The van der Waals surface area contributed by atoms with Crippen molar-refractivity contribution in [2.24, 2.45) is 0 Å². The molecule has 0 spiro atoms. The molecule has 1 heterocycles. The molecule has 2 rings (SSSR count). The van der Waals surface area contributed by atoms with Gasteiger partial charge in [-0.15, -0.1) is 0 Å². The van der Waals surface area contributed by atoms with Crippen molar-refractivity contribution in [3.8, 4) is 0 Å². The zero-order valence-electron chi connectivity index (χ0n) is 16.5. The number of hydrogen-bond acceptors (Lipinski definition) is 0. The summed E-state index contributed by atoms with van der Waals surface area (Å²) in [6.45, 7) is 3.44. The predicted octanol–water partition coefficient (Wildman–Crippen LogP) is 3.49. The number of aryl methyl sites for hydroxylation is 1. The van der Waals surface area contributed by atoms with E-state index in [2.05, 4.69) is 66.2 Å². The number of nitrogens with zero attached hydrogens (tertiary/aromatic N) is 1. The van der Waals surface area contributed by atoms with Crippen LogP contribution in [-0.2, 0) is 13.0 Å². The molecule has 0 amide bonds. The molecule has 0 unspecified atom stereocenters. The minimum atomic E-state index is 0. The normalized spacial score (nSPS) is 10.5. The largest absolute Gasteiger partial charge is 1.00 e. The number of halogens is 1. The Morgan fingerprint density at radius 2 is 1.23 bits per heavy atom. The lowest BCUT2D eigenvalue weighted by Gasteiger charge is -2.05. The van der Waals surface area contributed by atoms with Crippen molar-refractivity contribution in [1.82, 2.24) is 0 Å². The molecule has 2 heteroatoms. The summed E-state index contributed by atoms with van der Waals surface area (Å²) < 4.78 is 2.44. The number of unbranched alkanes of at least 4 members (excludes halogenated alkanes) is 9. The predicted molar refractivity (Wildman–Crippen MR) is 108 cm³/mol. The van der Waals surface area contributed by atoms with Crippen LogP contribution in [0.15, 0.2) is 54.7 Å². The summed E-state index contributed by atoms with van der Waals surface area (Å²) in [6.07, 6.45) is 17.3. The molecule has 0 bridgehead atoms. The van der Waals surface area contributed by atoms with Gasteiger partial charge in [0.25, 0.3) is 0 Å². The maximum Gasteiger partial charge on any atom is 0.185 e. The Bertz CT molecular complexity index is 567. The van der Waals surface area contributed by atoms with Gasteiger partial charge in [-0.2, -0.15) is 0 Å². The third kappa shape index (κ3) is 9.38. The van der Waals surface area contributed by atoms with E-state index < -0.39 is 0 Å². The molecule has 0 saturated heterocycles. The Labute approximate surface area is 167 Å². The van der Waals surface area contributed by atoms with Crippen LogP contribution in [0, 0.1) is 0 Å². The summed E-state index contributed by atoms with van der Waals surface area (Å²) >= 11 is 0. The zero-order chi connectivity index (χ0) is 17.6. The first-order valence-electron chi connectivity index (χ1n) is 10.4. The highest BCUT2D eigenvalue weighted by Crippen LogP contribution is 2.11. The summed E-state index contributed by atoms with van der Waals surface area (Å²) in [6, 6.07) is 17.4. The summed E-state index contributed by atoms with van der Waals surface area (Å²) in [7, 11) is 0. The molecule has 0 aliphatic carbocycles. The zero-order valence-corrected chi connectivity index (χ0v) is 17.3. The number of benzene rings is 1. The first-order valence-corrected chi connectivity index (χ1v) is 10.4. The second-order valence-electron chi connectivity index (χ2n) is 7.23. The molecule has 1 nitrogen and oxygen atoms in total. The Hall–Kier alpha value is -1.34. The lowest BCUT2D eigenvalue weighted by molar-refractivity contribution is -0.704. The van der Waals surface area contributed by atoms with Crippen molar-refractivity contribution in [3.05, 3.63) is 66.0 Å². The van der Waals surface area contributed by atoms with E-state index in [-0.39, 0.29) is 12.4 Å². The van der Waals surface area contributed by atoms with Crippen LogP contribution in [0.2, 0.25) is 0 Å². The fraction of sp³-hybridized carbons (Fsp3) is 0.542. The van der Waals surface area contributed by atoms with Gasteiger partial charge in [0.15, 0.2) is 11.9 Å². The highest BCUT2D eigenvalue weighted by molar-refractivity contribution is 5.19. The van der Waals surface area contributed by atoms with Gasteiger partial charge in [0.05, 0.1) is 6.42 Å². The monoisotopic (exact) mass is 373 g/mol. The summed E-state index contributed by atoms with van der Waals surface area (Å²) in [5.74, 6) is 0. The van der Waals surface area contributed by atoms with Crippen LogP contribution in [0.1, 0.15) is 82.4 Å². The van der Waals surface area contributed by atoms with E-state index in [9.17, 15) is 0 Å². The number of pyridine rings is 1. The number of rotatable bonds is 13. The third-order valence-electron chi connectivity index (χ3n) is 5.02. The lowest BCUT2D eigenvalue weighted by Crippen LogP contribution is -3.00. The van der Waals surface area contributed by atoms with Crippen molar-refractivity contribution in [2.75, 3.05) is 0 Å². The van der Waals surface area contributed by atoms with E-state index in [0.29, 0.717) is 0 Å². The first kappa shape index (κ1) is 22.7. The van der Waals surface area contributed by atoms with Gasteiger partial charge in [0.2, 0.25) is 0 Å². The van der Waals surface area contributed by atoms with Crippen LogP contribution in [0.4, 0.5) is 0 Å². The molecule has 0 radical (unpaired) electrons. The maximum atomic E-state index is 2.44. The van der Waals surface area contributed by atoms with Crippen LogP contribution in [0.25, 0.3) is 0 Å². The molecule has 0 aliphatic heterocycles. The fourth-order valence-electron chi connectivity index (χ4n) is 3.46. The first-order chi connectivity index (χ1) is 12.4. The van der Waals surface area contributed by atoms with Crippen molar-refractivity contribution in [2.45, 2.75) is 84.1 Å². The Kier molecular flexibility index (Phi) is 12.9. The van der Waals surface area contributed by atoms with Gasteiger partial charge in [0, 0.05) is 18.6 Å². The van der Waals surface area contributed by atoms with E-state index in [4.69, 9.17) is 0 Å². The second kappa shape index (κ2) is 14.8. The molecule has 0 atom stereocenters. The molecule has 0 N–H and O–H groups in total. The second-order valence-corrected chi connectivity index (χ2v) is 7.23. The molecule has 1 aromatic heterocycles. The highest BCUT2D eigenvalue weighted by Gasteiger charge is 2.09. The molecule has 2 aromatic rings. The smallest absolute Gasteiger partial charge is 0.185 e. The molecule has 1 aromatic carbocycles. The van der Waals surface area contributed by atoms with E-state index >= 15 is 0 Å². The third-order valence-corrected chi connectivity index (χ3v) is 5.02. The minimum Gasteiger partial charge on any atom is -1.00 e. The average Bonchev–Trinajstić information content (AvgIpc) is 2.65. The summed E-state index contributed by atoms with van der Waals surface area (Å²) in [5, 5.41) is 0. The number of aromatic nitrogens is 1. The quantitative estimate of drug-likeness (QED) is 0.374. The topological polar surface area (TPSA) is 3.88 Å². The van der Waals surface area contributed by atoms with E-state index in [1.54, 1.807) is 0 Å². The van der Waals surface area contributed by atoms with Gasteiger partial charge in [-0.1, -0.05) is 94.7 Å². The molecule has 26 heavy (non-hydrogen) atoms. The van der Waals surface area contributed by atoms with Gasteiger partial charge in [0.1, 0.15) is 6.54 Å². The van der Waals surface area contributed by atoms with Gasteiger partial charge in [-0.25, -0.2) is 4.57 Å². The van der Waals surface area contributed by atoms with Crippen molar-refractivity contribution < 1.29 is 17.0 Å². The molecule has 0 saturated carbocycles. The van der Waals surface area contributed by atoms with Crippen LogP contribution in [-0.4, -0.2) is 0 Å². The Morgan fingerprint density at radius 3 is 1.88 bits per heavy atom. The van der Waals surface area contributed by atoms with Gasteiger partial charge >= 0.3 is 0 Å². The van der Waals surface area contributed by atoms with Gasteiger partial charge in [-0.3, -0.25) is 0 Å². The van der Waals surface area contributed by atoms with Crippen molar-refractivity contribution >= 4 is 0 Å². The van der Waals surface area contributed by atoms with Crippen LogP contribution in [0.3, 0.4) is 0 Å². The molecular formula is C24H36ClN. The van der Waals surface area contributed by atoms with Crippen LogP contribution >= 0.6 is 0 Å². The average molecular weight is 374 g/mol. The van der Waals surface area contributed by atoms with Gasteiger partial charge in [-0.05, 0) is 12.0 Å². The van der Waals surface area contributed by atoms with E-state index in [1.807, 2.05) is 0 Å². The Balaban J connectivity index is 0.00000338. The fourth-order valence-corrected chi connectivity index (χ4v) is 3.46. The maximum absolute atomic E-state index is 2.44. The summed E-state index contributed by atoms with van der Waals surface area (Å²) in [4.78, 5) is 0. The SMILES string of the molecule is CCCCCCCCCCCC[n+]1ccccc1Cc1ccccc1.[Cl-]. The van der Waals surface area contributed by atoms with Crippen LogP contribution in [0.5, 0.6) is 0 Å². The van der Waals surface area contributed by atoms with E-state index in [0.717, 1.165) is 13.0 Å². The molecule has 144 valence electrons. The highest BCUT2D eigenvalue weighted by atomic mass is 35.5.